The van der Waals surface area contributed by atoms with E-state index in [1.165, 1.54) is 0 Å². The van der Waals surface area contributed by atoms with Gasteiger partial charge in [-0.3, -0.25) is 4.79 Å². The molecule has 88 valence electrons. The van der Waals surface area contributed by atoms with Crippen LogP contribution in [0.1, 0.15) is 38.4 Å². The molecule has 1 aromatic rings. The Bertz CT molecular complexity index is 359. The van der Waals surface area contributed by atoms with Crippen LogP contribution >= 0.6 is 0 Å². The van der Waals surface area contributed by atoms with E-state index in [0.29, 0.717) is 5.82 Å². The van der Waals surface area contributed by atoms with Gasteiger partial charge in [0.05, 0.1) is 5.92 Å². The van der Waals surface area contributed by atoms with Crippen molar-refractivity contribution in [3.8, 4) is 0 Å². The molecule has 0 atom stereocenters. The van der Waals surface area contributed by atoms with Gasteiger partial charge in [-0.1, -0.05) is 13.3 Å². The summed E-state index contributed by atoms with van der Waals surface area (Å²) in [6.45, 7) is 2.98. The van der Waals surface area contributed by atoms with Crippen LogP contribution in [0.25, 0.3) is 0 Å². The standard InChI is InChI=1S/C10H16N4O2/c1-2-6-14-9(11-12-13-14)7-16-10(15)8-4-3-5-8/h8H,2-7H2,1H3. The highest BCUT2D eigenvalue weighted by Crippen LogP contribution is 2.27. The highest BCUT2D eigenvalue weighted by molar-refractivity contribution is 5.73. The van der Waals surface area contributed by atoms with Gasteiger partial charge in [-0.15, -0.1) is 5.10 Å². The molecule has 0 aromatic carbocycles. The van der Waals surface area contributed by atoms with Crippen LogP contribution in [0.15, 0.2) is 0 Å². The number of hydrogen-bond donors (Lipinski definition) is 0. The monoisotopic (exact) mass is 224 g/mol. The van der Waals surface area contributed by atoms with Crippen molar-refractivity contribution >= 4 is 5.97 Å². The maximum atomic E-state index is 11.5. The number of hydrogen-bond acceptors (Lipinski definition) is 5. The Morgan fingerprint density at radius 1 is 1.56 bits per heavy atom. The fraction of sp³-hybridized carbons (Fsp3) is 0.800. The van der Waals surface area contributed by atoms with Gasteiger partial charge in [0.25, 0.3) is 0 Å². The summed E-state index contributed by atoms with van der Waals surface area (Å²) in [6, 6.07) is 0. The predicted octanol–water partition coefficient (Wildman–Crippen LogP) is 0.926. The first-order valence-electron chi connectivity index (χ1n) is 5.73. The van der Waals surface area contributed by atoms with Crippen LogP contribution in [0.2, 0.25) is 0 Å². The second-order valence-corrected chi connectivity index (χ2v) is 4.05. The quantitative estimate of drug-likeness (QED) is 0.696. The molecule has 0 unspecified atom stereocenters. The molecule has 16 heavy (non-hydrogen) atoms. The number of carbonyl (C=O) groups excluding carboxylic acids is 1. The van der Waals surface area contributed by atoms with Crippen molar-refractivity contribution in [2.24, 2.45) is 5.92 Å². The van der Waals surface area contributed by atoms with E-state index in [4.69, 9.17) is 4.74 Å². The second-order valence-electron chi connectivity index (χ2n) is 4.05. The summed E-state index contributed by atoms with van der Waals surface area (Å²) in [4.78, 5) is 11.5. The lowest BCUT2D eigenvalue weighted by Crippen LogP contribution is -2.24. The fourth-order valence-electron chi connectivity index (χ4n) is 1.61. The summed E-state index contributed by atoms with van der Waals surface area (Å²) >= 11 is 0. The van der Waals surface area contributed by atoms with Crippen LogP contribution < -0.4 is 0 Å². The van der Waals surface area contributed by atoms with Gasteiger partial charge >= 0.3 is 5.97 Å². The molecule has 0 aliphatic heterocycles. The van der Waals surface area contributed by atoms with E-state index in [0.717, 1.165) is 32.2 Å². The predicted molar refractivity (Wildman–Crippen MR) is 55.2 cm³/mol. The van der Waals surface area contributed by atoms with Crippen molar-refractivity contribution < 1.29 is 9.53 Å². The Morgan fingerprint density at radius 3 is 3.00 bits per heavy atom. The third-order valence-corrected chi connectivity index (χ3v) is 2.82. The summed E-state index contributed by atoms with van der Waals surface area (Å²) in [5, 5.41) is 11.2. The van der Waals surface area contributed by atoms with E-state index in [1.54, 1.807) is 4.68 Å². The molecule has 0 bridgehead atoms. The Balaban J connectivity index is 1.83. The Labute approximate surface area is 94.0 Å². The van der Waals surface area contributed by atoms with Crippen molar-refractivity contribution in [2.75, 3.05) is 0 Å². The zero-order valence-corrected chi connectivity index (χ0v) is 9.43. The van der Waals surface area contributed by atoms with Gasteiger partial charge in [0.1, 0.15) is 0 Å². The number of esters is 1. The van der Waals surface area contributed by atoms with Crippen LogP contribution in [0, 0.1) is 5.92 Å². The Hall–Kier alpha value is -1.46. The molecule has 1 fully saturated rings. The summed E-state index contributed by atoms with van der Waals surface area (Å²) in [5.41, 5.74) is 0. The third-order valence-electron chi connectivity index (χ3n) is 2.82. The largest absolute Gasteiger partial charge is 0.457 e. The fourth-order valence-corrected chi connectivity index (χ4v) is 1.61. The van der Waals surface area contributed by atoms with Crippen LogP contribution in [0.5, 0.6) is 0 Å². The summed E-state index contributed by atoms with van der Waals surface area (Å²) in [6.07, 6.45) is 4.00. The second kappa shape index (κ2) is 5.05. The van der Waals surface area contributed by atoms with Gasteiger partial charge in [-0.2, -0.15) is 0 Å². The molecule has 2 rings (SSSR count). The maximum absolute atomic E-state index is 11.5. The van der Waals surface area contributed by atoms with E-state index >= 15 is 0 Å². The topological polar surface area (TPSA) is 69.9 Å². The minimum Gasteiger partial charge on any atom is -0.457 e. The minimum absolute atomic E-state index is 0.107. The van der Waals surface area contributed by atoms with E-state index in [-0.39, 0.29) is 18.5 Å². The van der Waals surface area contributed by atoms with Crippen LogP contribution in [-0.2, 0) is 22.7 Å². The van der Waals surface area contributed by atoms with E-state index in [2.05, 4.69) is 15.5 Å². The lowest BCUT2D eigenvalue weighted by Gasteiger charge is -2.22. The molecule has 0 saturated heterocycles. The van der Waals surface area contributed by atoms with Gasteiger partial charge in [0.15, 0.2) is 12.4 Å². The van der Waals surface area contributed by atoms with Gasteiger partial charge in [-0.25, -0.2) is 4.68 Å². The van der Waals surface area contributed by atoms with Crippen LogP contribution in [0.4, 0.5) is 0 Å². The normalized spacial score (nSPS) is 15.8. The molecule has 1 saturated carbocycles. The SMILES string of the molecule is CCCn1nnnc1COC(=O)C1CCC1. The summed E-state index contributed by atoms with van der Waals surface area (Å²) in [7, 11) is 0. The maximum Gasteiger partial charge on any atom is 0.309 e. The summed E-state index contributed by atoms with van der Waals surface area (Å²) < 4.78 is 6.85. The number of nitrogens with zero attached hydrogens (tertiary/aromatic N) is 4. The first kappa shape index (κ1) is 11.0. The first-order valence-corrected chi connectivity index (χ1v) is 5.73. The number of carbonyl (C=O) groups is 1. The molecular formula is C10H16N4O2. The average molecular weight is 224 g/mol. The first-order chi connectivity index (χ1) is 7.81. The molecular weight excluding hydrogens is 208 g/mol. The number of ether oxygens (including phenoxy) is 1. The third kappa shape index (κ3) is 2.37. The summed E-state index contributed by atoms with van der Waals surface area (Å²) in [5.74, 6) is 0.613. The zero-order valence-electron chi connectivity index (χ0n) is 9.43. The molecule has 1 aliphatic rings. The van der Waals surface area contributed by atoms with E-state index < -0.39 is 0 Å². The molecule has 0 radical (unpaired) electrons. The number of rotatable bonds is 5. The molecule has 1 aromatic heterocycles. The highest BCUT2D eigenvalue weighted by Gasteiger charge is 2.26. The molecule has 0 spiro atoms. The molecule has 0 amide bonds. The zero-order chi connectivity index (χ0) is 11.4. The Kier molecular flexibility index (Phi) is 3.48. The number of aryl methyl sites for hydroxylation is 1. The smallest absolute Gasteiger partial charge is 0.309 e. The molecule has 0 N–H and O–H groups in total. The van der Waals surface area contributed by atoms with Crippen LogP contribution in [0.3, 0.4) is 0 Å². The number of aromatic nitrogens is 4. The lowest BCUT2D eigenvalue weighted by molar-refractivity contribution is -0.153. The van der Waals surface area contributed by atoms with Crippen molar-refractivity contribution in [3.63, 3.8) is 0 Å². The molecule has 6 heteroatoms. The average Bonchev–Trinajstić information content (AvgIpc) is 2.60. The Morgan fingerprint density at radius 2 is 2.38 bits per heavy atom. The van der Waals surface area contributed by atoms with Crippen molar-refractivity contribution in [2.45, 2.75) is 45.8 Å². The lowest BCUT2D eigenvalue weighted by atomic mass is 9.86. The van der Waals surface area contributed by atoms with Gasteiger partial charge in [-0.05, 0) is 29.7 Å². The minimum atomic E-state index is -0.114. The van der Waals surface area contributed by atoms with Gasteiger partial charge < -0.3 is 4.74 Å². The van der Waals surface area contributed by atoms with Crippen molar-refractivity contribution in [1.82, 2.24) is 20.2 Å². The molecule has 1 aliphatic carbocycles. The van der Waals surface area contributed by atoms with Crippen molar-refractivity contribution in [1.29, 1.82) is 0 Å². The van der Waals surface area contributed by atoms with Gasteiger partial charge in [0, 0.05) is 6.54 Å². The molecule has 1 heterocycles. The van der Waals surface area contributed by atoms with Crippen molar-refractivity contribution in [3.05, 3.63) is 5.82 Å². The number of tetrazole rings is 1. The van der Waals surface area contributed by atoms with Gasteiger partial charge in [0.2, 0.25) is 0 Å². The van der Waals surface area contributed by atoms with E-state index in [9.17, 15) is 4.79 Å². The molecule has 6 nitrogen and oxygen atoms in total. The van der Waals surface area contributed by atoms with Crippen LogP contribution in [-0.4, -0.2) is 26.2 Å². The highest BCUT2D eigenvalue weighted by atomic mass is 16.5. The van der Waals surface area contributed by atoms with E-state index in [1.807, 2.05) is 6.92 Å².